The predicted octanol–water partition coefficient (Wildman–Crippen LogP) is 1.83. The highest BCUT2D eigenvalue weighted by Gasteiger charge is 2.05. The summed E-state index contributed by atoms with van der Waals surface area (Å²) in [6.07, 6.45) is 3.08. The fraction of sp³-hybridized carbons (Fsp3) is 0.583. The predicted molar refractivity (Wildman–Crippen MR) is 65.4 cm³/mol. The number of pyridine rings is 1. The average molecular weight is 207 g/mol. The van der Waals surface area contributed by atoms with Gasteiger partial charge in [-0.2, -0.15) is 0 Å². The summed E-state index contributed by atoms with van der Waals surface area (Å²) in [4.78, 5) is 6.76. The number of aromatic nitrogens is 1. The quantitative estimate of drug-likeness (QED) is 0.771. The van der Waals surface area contributed by atoms with Gasteiger partial charge < -0.3 is 10.2 Å². The normalized spacial score (nSPS) is 10.3. The summed E-state index contributed by atoms with van der Waals surface area (Å²) in [5.74, 6) is 1.08. The van der Waals surface area contributed by atoms with E-state index in [1.807, 2.05) is 13.2 Å². The molecule has 0 bridgehead atoms. The Bertz CT molecular complexity index is 269. The Morgan fingerprint density at radius 3 is 2.67 bits per heavy atom. The maximum atomic E-state index is 4.45. The highest BCUT2D eigenvalue weighted by molar-refractivity contribution is 5.39. The van der Waals surface area contributed by atoms with Crippen molar-refractivity contribution in [2.75, 3.05) is 31.6 Å². The molecule has 0 radical (unpaired) electrons. The standard InChI is InChI=1S/C12H21N3/c1-4-8-15(9-7-13-3)12-6-5-11(2)10-14-12/h5-6,10,13H,4,7-9H2,1-3H3. The van der Waals surface area contributed by atoms with E-state index in [0.29, 0.717) is 0 Å². The number of hydrogen-bond acceptors (Lipinski definition) is 3. The molecule has 0 aromatic carbocycles. The van der Waals surface area contributed by atoms with Gasteiger partial charge in [0.15, 0.2) is 0 Å². The zero-order chi connectivity index (χ0) is 11.1. The minimum atomic E-state index is 0.996. The summed E-state index contributed by atoms with van der Waals surface area (Å²) >= 11 is 0. The number of nitrogens with one attached hydrogen (secondary N) is 1. The Kier molecular flexibility index (Phi) is 5.12. The molecular weight excluding hydrogens is 186 g/mol. The molecular formula is C12H21N3. The molecule has 0 amide bonds. The van der Waals surface area contributed by atoms with Crippen molar-refractivity contribution in [3.05, 3.63) is 23.9 Å². The van der Waals surface area contributed by atoms with E-state index in [1.165, 1.54) is 5.56 Å². The molecule has 0 fully saturated rings. The van der Waals surface area contributed by atoms with Gasteiger partial charge >= 0.3 is 0 Å². The first-order valence-electron chi connectivity index (χ1n) is 5.60. The summed E-state index contributed by atoms with van der Waals surface area (Å²) < 4.78 is 0. The van der Waals surface area contributed by atoms with Crippen molar-refractivity contribution in [3.63, 3.8) is 0 Å². The van der Waals surface area contributed by atoms with Crippen LogP contribution in [0.25, 0.3) is 0 Å². The van der Waals surface area contributed by atoms with Gasteiger partial charge in [-0.05, 0) is 32.0 Å². The van der Waals surface area contributed by atoms with Crippen LogP contribution in [0.5, 0.6) is 0 Å². The van der Waals surface area contributed by atoms with Gasteiger partial charge in [0, 0.05) is 25.8 Å². The van der Waals surface area contributed by atoms with Gasteiger partial charge in [0.25, 0.3) is 0 Å². The topological polar surface area (TPSA) is 28.2 Å². The van der Waals surface area contributed by atoms with Crippen LogP contribution in [-0.2, 0) is 0 Å². The van der Waals surface area contributed by atoms with E-state index in [0.717, 1.165) is 31.9 Å². The van der Waals surface area contributed by atoms with Crippen LogP contribution in [0, 0.1) is 6.92 Å². The molecule has 0 atom stereocenters. The summed E-state index contributed by atoms with van der Waals surface area (Å²) in [6, 6.07) is 4.21. The molecule has 0 aliphatic carbocycles. The number of rotatable bonds is 6. The molecule has 0 saturated heterocycles. The first kappa shape index (κ1) is 12.0. The molecule has 1 heterocycles. The van der Waals surface area contributed by atoms with E-state index in [-0.39, 0.29) is 0 Å². The Balaban J connectivity index is 2.65. The zero-order valence-corrected chi connectivity index (χ0v) is 9.95. The van der Waals surface area contributed by atoms with Crippen molar-refractivity contribution in [2.24, 2.45) is 0 Å². The van der Waals surface area contributed by atoms with Crippen LogP contribution < -0.4 is 10.2 Å². The molecule has 0 unspecified atom stereocenters. The van der Waals surface area contributed by atoms with Gasteiger partial charge in [-0.25, -0.2) is 4.98 Å². The van der Waals surface area contributed by atoms with E-state index >= 15 is 0 Å². The maximum absolute atomic E-state index is 4.45. The van der Waals surface area contributed by atoms with E-state index in [9.17, 15) is 0 Å². The molecule has 1 aromatic heterocycles. The van der Waals surface area contributed by atoms with Crippen molar-refractivity contribution in [1.82, 2.24) is 10.3 Å². The Morgan fingerprint density at radius 1 is 1.33 bits per heavy atom. The average Bonchev–Trinajstić information content (AvgIpc) is 2.25. The monoisotopic (exact) mass is 207 g/mol. The van der Waals surface area contributed by atoms with Gasteiger partial charge in [0.05, 0.1) is 0 Å². The number of hydrogen-bond donors (Lipinski definition) is 1. The van der Waals surface area contributed by atoms with Crippen molar-refractivity contribution >= 4 is 5.82 Å². The molecule has 1 rings (SSSR count). The molecule has 3 nitrogen and oxygen atoms in total. The Morgan fingerprint density at radius 2 is 2.13 bits per heavy atom. The minimum absolute atomic E-state index is 0.996. The first-order chi connectivity index (χ1) is 7.27. The van der Waals surface area contributed by atoms with Gasteiger partial charge in [-0.1, -0.05) is 13.0 Å². The number of anilines is 1. The van der Waals surface area contributed by atoms with E-state index in [1.54, 1.807) is 0 Å². The maximum Gasteiger partial charge on any atom is 0.128 e. The summed E-state index contributed by atoms with van der Waals surface area (Å²) in [5, 5.41) is 3.17. The van der Waals surface area contributed by atoms with E-state index in [2.05, 4.69) is 41.2 Å². The van der Waals surface area contributed by atoms with Crippen LogP contribution in [-0.4, -0.2) is 31.7 Å². The van der Waals surface area contributed by atoms with Crippen LogP contribution in [0.15, 0.2) is 18.3 Å². The second-order valence-corrected chi connectivity index (χ2v) is 3.78. The Labute approximate surface area is 92.5 Å². The largest absolute Gasteiger partial charge is 0.355 e. The summed E-state index contributed by atoms with van der Waals surface area (Å²) in [6.45, 7) is 7.34. The van der Waals surface area contributed by atoms with Crippen LogP contribution in [0.1, 0.15) is 18.9 Å². The van der Waals surface area contributed by atoms with E-state index in [4.69, 9.17) is 0 Å². The molecule has 84 valence electrons. The number of aryl methyl sites for hydroxylation is 1. The highest BCUT2D eigenvalue weighted by Crippen LogP contribution is 2.10. The van der Waals surface area contributed by atoms with Crippen molar-refractivity contribution < 1.29 is 0 Å². The first-order valence-corrected chi connectivity index (χ1v) is 5.60. The molecule has 15 heavy (non-hydrogen) atoms. The number of likely N-dealkylation sites (N-methyl/N-ethyl adjacent to an activating group) is 1. The number of nitrogens with zero attached hydrogens (tertiary/aromatic N) is 2. The van der Waals surface area contributed by atoms with Gasteiger partial charge in [0.2, 0.25) is 0 Å². The minimum Gasteiger partial charge on any atom is -0.355 e. The summed E-state index contributed by atoms with van der Waals surface area (Å²) in [7, 11) is 1.98. The second kappa shape index (κ2) is 6.40. The molecule has 0 aliphatic heterocycles. The SMILES string of the molecule is CCCN(CCNC)c1ccc(C)cn1. The van der Waals surface area contributed by atoms with Crippen LogP contribution in [0.3, 0.4) is 0 Å². The zero-order valence-electron chi connectivity index (χ0n) is 9.95. The third-order valence-electron chi connectivity index (χ3n) is 2.34. The molecule has 3 heteroatoms. The fourth-order valence-electron chi connectivity index (χ4n) is 1.50. The lowest BCUT2D eigenvalue weighted by molar-refractivity contribution is 0.702. The smallest absolute Gasteiger partial charge is 0.128 e. The molecule has 0 spiro atoms. The Hall–Kier alpha value is -1.09. The van der Waals surface area contributed by atoms with Crippen LogP contribution in [0.2, 0.25) is 0 Å². The van der Waals surface area contributed by atoms with E-state index < -0.39 is 0 Å². The molecule has 0 saturated carbocycles. The van der Waals surface area contributed by atoms with Gasteiger partial charge in [0.1, 0.15) is 5.82 Å². The summed E-state index contributed by atoms with van der Waals surface area (Å²) in [5.41, 5.74) is 1.21. The van der Waals surface area contributed by atoms with Crippen molar-refractivity contribution in [2.45, 2.75) is 20.3 Å². The third-order valence-corrected chi connectivity index (χ3v) is 2.34. The third kappa shape index (κ3) is 3.88. The molecule has 1 aromatic rings. The van der Waals surface area contributed by atoms with Crippen LogP contribution in [0.4, 0.5) is 5.82 Å². The van der Waals surface area contributed by atoms with Crippen molar-refractivity contribution in [1.29, 1.82) is 0 Å². The van der Waals surface area contributed by atoms with Crippen LogP contribution >= 0.6 is 0 Å². The fourth-order valence-corrected chi connectivity index (χ4v) is 1.50. The molecule has 1 N–H and O–H groups in total. The lowest BCUT2D eigenvalue weighted by atomic mass is 10.3. The molecule has 0 aliphatic rings. The lowest BCUT2D eigenvalue weighted by Crippen LogP contribution is -2.32. The van der Waals surface area contributed by atoms with Crippen molar-refractivity contribution in [3.8, 4) is 0 Å². The second-order valence-electron chi connectivity index (χ2n) is 3.78. The van der Waals surface area contributed by atoms with Gasteiger partial charge in [-0.15, -0.1) is 0 Å². The highest BCUT2D eigenvalue weighted by atomic mass is 15.2. The lowest BCUT2D eigenvalue weighted by Gasteiger charge is -2.23. The van der Waals surface area contributed by atoms with Gasteiger partial charge in [-0.3, -0.25) is 0 Å².